The van der Waals surface area contributed by atoms with Gasteiger partial charge in [0.25, 0.3) is 0 Å². The van der Waals surface area contributed by atoms with Crippen molar-refractivity contribution in [3.8, 4) is 0 Å². The minimum absolute atomic E-state index is 0.102. The first-order chi connectivity index (χ1) is 13.9. The van der Waals surface area contributed by atoms with Crippen LogP contribution in [0.15, 0.2) is 30.7 Å². The lowest BCUT2D eigenvalue weighted by molar-refractivity contribution is -0.223. The summed E-state index contributed by atoms with van der Waals surface area (Å²) < 4.78 is 15.6. The molecule has 2 unspecified atom stereocenters. The monoisotopic (exact) mass is 394 g/mol. The van der Waals surface area contributed by atoms with Crippen LogP contribution in [0.5, 0.6) is 0 Å². The molecule has 0 spiro atoms. The molecular formula is C21H23FN6O. The normalized spacial score (nSPS) is 34.3. The molecule has 2 atom stereocenters. The van der Waals surface area contributed by atoms with Crippen LogP contribution in [0.2, 0.25) is 0 Å². The molecule has 150 valence electrons. The zero-order chi connectivity index (χ0) is 19.8. The van der Waals surface area contributed by atoms with Crippen molar-refractivity contribution in [1.29, 1.82) is 0 Å². The number of hydrogen-bond donors (Lipinski definition) is 1. The molecule has 4 bridgehead atoms. The van der Waals surface area contributed by atoms with E-state index in [2.05, 4.69) is 31.4 Å². The van der Waals surface area contributed by atoms with Crippen LogP contribution in [0.3, 0.4) is 0 Å². The van der Waals surface area contributed by atoms with E-state index in [1.807, 2.05) is 19.3 Å². The van der Waals surface area contributed by atoms with E-state index in [0.29, 0.717) is 25.2 Å². The highest BCUT2D eigenvalue weighted by Crippen LogP contribution is 2.70. The van der Waals surface area contributed by atoms with E-state index < -0.39 is 11.1 Å². The third kappa shape index (κ3) is 2.54. The number of alkyl halides is 1. The fourth-order valence-corrected chi connectivity index (χ4v) is 5.71. The molecule has 1 saturated heterocycles. The number of carbonyl (C=O) groups excluding carboxylic acids is 1. The van der Waals surface area contributed by atoms with Crippen molar-refractivity contribution in [2.24, 2.45) is 12.5 Å². The van der Waals surface area contributed by atoms with Crippen molar-refractivity contribution >= 4 is 23.1 Å². The Hall–Kier alpha value is -2.77. The summed E-state index contributed by atoms with van der Waals surface area (Å²) in [6, 6.07) is 2.22. The lowest BCUT2D eigenvalue weighted by Crippen LogP contribution is -2.71. The van der Waals surface area contributed by atoms with Crippen molar-refractivity contribution in [2.75, 3.05) is 5.32 Å². The number of hydrogen-bond acceptors (Lipinski definition) is 5. The summed E-state index contributed by atoms with van der Waals surface area (Å²) in [6.45, 7) is 0. The second kappa shape index (κ2) is 5.64. The maximum Gasteiger partial charge on any atom is 0.229 e. The fraction of sp³-hybridized carbons (Fsp3) is 0.524. The molecule has 1 amide bonds. The Kier molecular flexibility index (Phi) is 3.33. The van der Waals surface area contributed by atoms with Gasteiger partial charge < -0.3 is 10.2 Å². The lowest BCUT2D eigenvalue weighted by Gasteiger charge is -2.65. The van der Waals surface area contributed by atoms with Crippen LogP contribution < -0.4 is 5.32 Å². The lowest BCUT2D eigenvalue weighted by atomic mass is 9.41. The molecule has 3 aliphatic carbocycles. The largest absolute Gasteiger partial charge is 0.332 e. The SMILES string of the molecule is Cn1cc(Nc2nccc(C3=CC4CCC(C3)N4C(=O)C34CC(F)(C3)C4)n2)cn1. The van der Waals surface area contributed by atoms with Crippen molar-refractivity contribution in [1.82, 2.24) is 24.6 Å². The Morgan fingerprint density at radius 1 is 1.31 bits per heavy atom. The highest BCUT2D eigenvalue weighted by molar-refractivity contribution is 5.89. The van der Waals surface area contributed by atoms with Gasteiger partial charge in [0, 0.05) is 25.5 Å². The number of aryl methyl sites for hydroxylation is 1. The number of nitrogens with one attached hydrogen (secondary N) is 1. The molecule has 4 fully saturated rings. The van der Waals surface area contributed by atoms with Crippen molar-refractivity contribution < 1.29 is 9.18 Å². The molecule has 7 rings (SSSR count). The molecule has 2 aromatic heterocycles. The van der Waals surface area contributed by atoms with Gasteiger partial charge in [-0.15, -0.1) is 0 Å². The number of aromatic nitrogens is 4. The van der Waals surface area contributed by atoms with Crippen LogP contribution >= 0.6 is 0 Å². The van der Waals surface area contributed by atoms with E-state index in [-0.39, 0.29) is 18.0 Å². The number of carbonyl (C=O) groups is 1. The van der Waals surface area contributed by atoms with Gasteiger partial charge in [-0.05, 0) is 50.2 Å². The number of halogens is 1. The van der Waals surface area contributed by atoms with Crippen LogP contribution in [0.25, 0.3) is 5.57 Å². The third-order valence-electron chi connectivity index (χ3n) is 6.99. The first-order valence-electron chi connectivity index (χ1n) is 10.2. The summed E-state index contributed by atoms with van der Waals surface area (Å²) in [5.41, 5.74) is 1.46. The zero-order valence-corrected chi connectivity index (χ0v) is 16.3. The van der Waals surface area contributed by atoms with E-state index in [4.69, 9.17) is 0 Å². The Balaban J connectivity index is 1.22. The quantitative estimate of drug-likeness (QED) is 0.863. The second-order valence-electron chi connectivity index (χ2n) is 9.16. The molecule has 2 aliphatic heterocycles. The third-order valence-corrected chi connectivity index (χ3v) is 6.99. The van der Waals surface area contributed by atoms with Gasteiger partial charge in [0.1, 0.15) is 5.67 Å². The van der Waals surface area contributed by atoms with Crippen LogP contribution in [0.1, 0.15) is 44.2 Å². The summed E-state index contributed by atoms with van der Waals surface area (Å²) in [6.07, 6.45) is 11.6. The topological polar surface area (TPSA) is 75.9 Å². The summed E-state index contributed by atoms with van der Waals surface area (Å²) >= 11 is 0. The second-order valence-corrected chi connectivity index (χ2v) is 9.16. The highest BCUT2D eigenvalue weighted by Gasteiger charge is 2.74. The Morgan fingerprint density at radius 2 is 2.14 bits per heavy atom. The molecule has 4 heterocycles. The average Bonchev–Trinajstić information content (AvgIpc) is 3.17. The van der Waals surface area contributed by atoms with E-state index in [1.165, 1.54) is 0 Å². The van der Waals surface area contributed by atoms with Gasteiger partial charge in [0.2, 0.25) is 11.9 Å². The van der Waals surface area contributed by atoms with Gasteiger partial charge in [-0.25, -0.2) is 14.4 Å². The number of rotatable bonds is 4. The molecule has 7 nitrogen and oxygen atoms in total. The Bertz CT molecular complexity index is 1030. The first-order valence-corrected chi connectivity index (χ1v) is 10.2. The van der Waals surface area contributed by atoms with Crippen LogP contribution in [-0.2, 0) is 11.8 Å². The summed E-state index contributed by atoms with van der Waals surface area (Å²) in [4.78, 5) is 24.2. The smallest absolute Gasteiger partial charge is 0.229 e. The van der Waals surface area contributed by atoms with Crippen LogP contribution in [0, 0.1) is 5.41 Å². The standard InChI is InChI=1S/C21H23FN6O/c1-27-9-14(8-24-27)25-19-23-5-4-17(26-19)13-6-15-2-3-16(7-13)28(15)18(29)20-10-21(22,11-20)12-20/h4-6,8-9,15-16H,2-3,7,10-12H2,1H3,(H,23,25,26). The minimum Gasteiger partial charge on any atom is -0.332 e. The number of fused-ring (bicyclic) bond motifs is 2. The van der Waals surface area contributed by atoms with Gasteiger partial charge in [-0.2, -0.15) is 5.10 Å². The fourth-order valence-electron chi connectivity index (χ4n) is 5.71. The molecule has 29 heavy (non-hydrogen) atoms. The molecular weight excluding hydrogens is 371 g/mol. The predicted molar refractivity (Wildman–Crippen MR) is 105 cm³/mol. The maximum atomic E-state index is 13.9. The van der Waals surface area contributed by atoms with Crippen molar-refractivity contribution in [2.45, 2.75) is 56.3 Å². The molecule has 2 aromatic rings. The summed E-state index contributed by atoms with van der Waals surface area (Å²) in [7, 11) is 1.86. The average molecular weight is 394 g/mol. The van der Waals surface area contributed by atoms with Gasteiger partial charge in [0.05, 0.1) is 29.0 Å². The van der Waals surface area contributed by atoms with Crippen LogP contribution in [0.4, 0.5) is 16.0 Å². The van der Waals surface area contributed by atoms with E-state index in [0.717, 1.165) is 36.2 Å². The van der Waals surface area contributed by atoms with E-state index >= 15 is 0 Å². The van der Waals surface area contributed by atoms with E-state index in [1.54, 1.807) is 17.1 Å². The molecule has 5 aliphatic rings. The Labute approximate surface area is 168 Å². The van der Waals surface area contributed by atoms with E-state index in [9.17, 15) is 9.18 Å². The predicted octanol–water partition coefficient (Wildman–Crippen LogP) is 2.99. The van der Waals surface area contributed by atoms with Gasteiger partial charge in [-0.3, -0.25) is 9.48 Å². The maximum absolute atomic E-state index is 13.9. The molecule has 1 N–H and O–H groups in total. The minimum atomic E-state index is -1.04. The molecule has 8 heteroatoms. The summed E-state index contributed by atoms with van der Waals surface area (Å²) in [5.74, 6) is 0.714. The molecule has 3 saturated carbocycles. The molecule has 0 aromatic carbocycles. The zero-order valence-electron chi connectivity index (χ0n) is 16.3. The van der Waals surface area contributed by atoms with Crippen LogP contribution in [-0.4, -0.2) is 48.3 Å². The highest BCUT2D eigenvalue weighted by atomic mass is 19.1. The summed E-state index contributed by atoms with van der Waals surface area (Å²) in [5, 5.41) is 7.32. The number of amides is 1. The van der Waals surface area contributed by atoms with Gasteiger partial charge in [0.15, 0.2) is 0 Å². The Morgan fingerprint density at radius 3 is 2.83 bits per heavy atom. The van der Waals surface area contributed by atoms with Gasteiger partial charge in [-0.1, -0.05) is 6.08 Å². The van der Waals surface area contributed by atoms with Gasteiger partial charge >= 0.3 is 0 Å². The number of anilines is 2. The number of nitrogens with zero attached hydrogens (tertiary/aromatic N) is 5. The first kappa shape index (κ1) is 17.1. The van der Waals surface area contributed by atoms with Crippen molar-refractivity contribution in [3.63, 3.8) is 0 Å². The van der Waals surface area contributed by atoms with Crippen molar-refractivity contribution in [3.05, 3.63) is 36.4 Å². The molecule has 0 radical (unpaired) electrons.